The predicted octanol–water partition coefficient (Wildman–Crippen LogP) is 1.06. The number of benzene rings is 1. The molecule has 0 aromatic heterocycles. The summed E-state index contributed by atoms with van der Waals surface area (Å²) in [5.74, 6) is -4.40. The van der Waals surface area contributed by atoms with Gasteiger partial charge in [0.2, 0.25) is 0 Å². The third-order valence-corrected chi connectivity index (χ3v) is 1.98. The van der Waals surface area contributed by atoms with Crippen molar-refractivity contribution in [3.8, 4) is 0 Å². The summed E-state index contributed by atoms with van der Waals surface area (Å²) in [7, 11) is 0. The summed E-state index contributed by atoms with van der Waals surface area (Å²) < 4.78 is 0. The Morgan fingerprint density at radius 3 is 2.31 bits per heavy atom. The fraction of sp³-hybridized carbons (Fsp3) is 0. The topological polar surface area (TPSA) is 104 Å². The third-order valence-electron chi connectivity index (χ3n) is 1.67. The largest absolute Gasteiger partial charge is 0.478 e. The number of rotatable bonds is 2. The number of carbonyl (C=O) groups is 3. The molecule has 0 fully saturated rings. The minimum Gasteiger partial charge on any atom is -0.478 e. The number of carbonyl (C=O) groups excluding carboxylic acids is 1. The zero-order chi connectivity index (χ0) is 12.3. The molecule has 84 valence electrons. The van der Waals surface area contributed by atoms with Crippen LogP contribution in [0.4, 0.5) is 5.69 Å². The van der Waals surface area contributed by atoms with E-state index in [0.717, 1.165) is 0 Å². The van der Waals surface area contributed by atoms with E-state index in [1.807, 2.05) is 5.32 Å². The second-order valence-electron chi connectivity index (χ2n) is 2.73. The van der Waals surface area contributed by atoms with E-state index in [-0.39, 0.29) is 16.3 Å². The van der Waals surface area contributed by atoms with Gasteiger partial charge in [0.25, 0.3) is 0 Å². The molecule has 0 aliphatic rings. The first-order valence-electron chi connectivity index (χ1n) is 3.99. The molecule has 0 aliphatic heterocycles. The molecule has 0 heterocycles. The van der Waals surface area contributed by atoms with Crippen molar-refractivity contribution in [2.75, 3.05) is 5.32 Å². The molecule has 0 saturated carbocycles. The molecule has 1 amide bonds. The molecule has 3 N–H and O–H groups in total. The van der Waals surface area contributed by atoms with Crippen LogP contribution in [0.5, 0.6) is 0 Å². The van der Waals surface area contributed by atoms with Gasteiger partial charge in [0.1, 0.15) is 5.56 Å². The quantitative estimate of drug-likeness (QED) is 0.674. The van der Waals surface area contributed by atoms with Gasteiger partial charge < -0.3 is 15.5 Å². The van der Waals surface area contributed by atoms with Gasteiger partial charge in [-0.2, -0.15) is 0 Å². The average Bonchev–Trinajstić information content (AvgIpc) is 2.16. The molecule has 0 spiro atoms. The van der Waals surface area contributed by atoms with Crippen molar-refractivity contribution >= 4 is 35.1 Å². The van der Waals surface area contributed by atoms with Gasteiger partial charge in [-0.1, -0.05) is 17.7 Å². The van der Waals surface area contributed by atoms with Gasteiger partial charge in [-0.15, -0.1) is 0 Å². The summed E-state index contributed by atoms with van der Waals surface area (Å²) >= 11 is 5.61. The monoisotopic (exact) mass is 243 g/mol. The molecule has 0 saturated heterocycles. The Kier molecular flexibility index (Phi) is 3.47. The number of nitrogens with one attached hydrogen (secondary N) is 1. The molecule has 0 aliphatic carbocycles. The van der Waals surface area contributed by atoms with Crippen molar-refractivity contribution in [2.24, 2.45) is 0 Å². The number of carboxylic acids is 2. The lowest BCUT2D eigenvalue weighted by atomic mass is 10.2. The summed E-state index contributed by atoms with van der Waals surface area (Å²) in [5.41, 5.74) is -0.508. The smallest absolute Gasteiger partial charge is 0.394 e. The zero-order valence-electron chi connectivity index (χ0n) is 7.73. The highest BCUT2D eigenvalue weighted by atomic mass is 35.5. The molecule has 1 rings (SSSR count). The summed E-state index contributed by atoms with van der Waals surface area (Å²) in [4.78, 5) is 31.9. The highest BCUT2D eigenvalue weighted by Gasteiger charge is 2.18. The van der Waals surface area contributed by atoms with Gasteiger partial charge in [0.05, 0.1) is 10.7 Å². The highest BCUT2D eigenvalue weighted by Crippen LogP contribution is 2.24. The molecule has 6 nitrogen and oxygen atoms in total. The minimum atomic E-state index is -1.71. The maximum Gasteiger partial charge on any atom is 0.394 e. The van der Waals surface area contributed by atoms with Crippen molar-refractivity contribution in [2.45, 2.75) is 0 Å². The van der Waals surface area contributed by atoms with Crippen LogP contribution in [0.1, 0.15) is 10.4 Å². The number of anilines is 1. The van der Waals surface area contributed by atoms with Gasteiger partial charge in [0.15, 0.2) is 0 Å². The first kappa shape index (κ1) is 12.0. The predicted molar refractivity (Wildman–Crippen MR) is 54.7 cm³/mol. The second kappa shape index (κ2) is 4.63. The Morgan fingerprint density at radius 1 is 1.19 bits per heavy atom. The van der Waals surface area contributed by atoms with E-state index in [9.17, 15) is 14.4 Å². The summed E-state index contributed by atoms with van der Waals surface area (Å²) in [5, 5.41) is 19.0. The summed E-state index contributed by atoms with van der Waals surface area (Å²) in [6.45, 7) is 0. The molecule has 0 radical (unpaired) electrons. The first-order valence-corrected chi connectivity index (χ1v) is 4.37. The lowest BCUT2D eigenvalue weighted by Crippen LogP contribution is -2.23. The van der Waals surface area contributed by atoms with Crippen molar-refractivity contribution in [1.82, 2.24) is 0 Å². The van der Waals surface area contributed by atoms with Crippen LogP contribution in [0, 0.1) is 0 Å². The van der Waals surface area contributed by atoms with E-state index in [1.54, 1.807) is 0 Å². The van der Waals surface area contributed by atoms with Crippen LogP contribution in [0.2, 0.25) is 5.02 Å². The zero-order valence-corrected chi connectivity index (χ0v) is 8.49. The first-order chi connectivity index (χ1) is 7.43. The third kappa shape index (κ3) is 2.48. The van der Waals surface area contributed by atoms with E-state index < -0.39 is 17.8 Å². The lowest BCUT2D eigenvalue weighted by molar-refractivity contribution is -0.147. The Balaban J connectivity index is 3.14. The van der Waals surface area contributed by atoms with Crippen molar-refractivity contribution in [3.05, 3.63) is 28.8 Å². The van der Waals surface area contributed by atoms with E-state index in [2.05, 4.69) is 0 Å². The van der Waals surface area contributed by atoms with Crippen LogP contribution in [0.3, 0.4) is 0 Å². The number of hydrogen-bond acceptors (Lipinski definition) is 3. The SMILES string of the molecule is O=C(O)C(=O)Nc1cccc(Cl)c1C(=O)O. The minimum absolute atomic E-state index is 0.0873. The standard InChI is InChI=1S/C9H6ClNO5/c10-4-2-1-3-5(6(4)8(13)14)11-7(12)9(15)16/h1-3H,(H,11,12)(H,13,14)(H,15,16). The number of halogens is 1. The Morgan fingerprint density at radius 2 is 1.81 bits per heavy atom. The molecule has 0 unspecified atom stereocenters. The Hall–Kier alpha value is -2.08. The van der Waals surface area contributed by atoms with Gasteiger partial charge in [0, 0.05) is 0 Å². The fourth-order valence-electron chi connectivity index (χ4n) is 1.02. The number of carboxylic acid groups (broad SMARTS) is 2. The van der Waals surface area contributed by atoms with Crippen LogP contribution in [0.15, 0.2) is 18.2 Å². The molecule has 1 aromatic rings. The fourth-order valence-corrected chi connectivity index (χ4v) is 1.28. The Labute approximate surface area is 94.5 Å². The van der Waals surface area contributed by atoms with Crippen molar-refractivity contribution in [1.29, 1.82) is 0 Å². The normalized spacial score (nSPS) is 9.56. The van der Waals surface area contributed by atoms with Crippen LogP contribution >= 0.6 is 11.6 Å². The number of hydrogen-bond donors (Lipinski definition) is 3. The second-order valence-corrected chi connectivity index (χ2v) is 3.13. The van der Waals surface area contributed by atoms with Gasteiger partial charge in [-0.3, -0.25) is 4.79 Å². The maximum atomic E-state index is 10.9. The highest BCUT2D eigenvalue weighted by molar-refractivity contribution is 6.38. The van der Waals surface area contributed by atoms with Crippen molar-refractivity contribution in [3.63, 3.8) is 0 Å². The molecular formula is C9H6ClNO5. The van der Waals surface area contributed by atoms with Crippen LogP contribution in [-0.2, 0) is 9.59 Å². The molecule has 16 heavy (non-hydrogen) atoms. The summed E-state index contributed by atoms with van der Waals surface area (Å²) in [6.07, 6.45) is 0. The summed E-state index contributed by atoms with van der Waals surface area (Å²) in [6, 6.07) is 3.96. The molecule has 0 bridgehead atoms. The van der Waals surface area contributed by atoms with E-state index in [1.165, 1.54) is 18.2 Å². The van der Waals surface area contributed by atoms with Crippen LogP contribution in [0.25, 0.3) is 0 Å². The number of aromatic carboxylic acids is 1. The maximum absolute atomic E-state index is 10.9. The molecular weight excluding hydrogens is 238 g/mol. The van der Waals surface area contributed by atoms with Crippen molar-refractivity contribution < 1.29 is 24.6 Å². The van der Waals surface area contributed by atoms with Gasteiger partial charge >= 0.3 is 17.8 Å². The Bertz CT molecular complexity index is 471. The van der Waals surface area contributed by atoms with E-state index >= 15 is 0 Å². The average molecular weight is 244 g/mol. The van der Waals surface area contributed by atoms with Gasteiger partial charge in [-0.05, 0) is 12.1 Å². The van der Waals surface area contributed by atoms with Crippen LogP contribution < -0.4 is 5.32 Å². The molecule has 0 atom stereocenters. The van der Waals surface area contributed by atoms with E-state index in [0.29, 0.717) is 0 Å². The number of aliphatic carboxylic acids is 1. The van der Waals surface area contributed by atoms with Crippen LogP contribution in [-0.4, -0.2) is 28.1 Å². The lowest BCUT2D eigenvalue weighted by Gasteiger charge is -2.07. The number of amides is 1. The molecule has 1 aromatic carbocycles. The van der Waals surface area contributed by atoms with E-state index in [4.69, 9.17) is 21.8 Å². The molecule has 7 heteroatoms. The van der Waals surface area contributed by atoms with Gasteiger partial charge in [-0.25, -0.2) is 9.59 Å².